The van der Waals surface area contributed by atoms with Gasteiger partial charge in [0.1, 0.15) is 24.0 Å². The maximum Gasteiger partial charge on any atom is 0.307 e. The number of nitrogens with zero attached hydrogens (tertiary/aromatic N) is 2. The van der Waals surface area contributed by atoms with Gasteiger partial charge in [-0.2, -0.15) is 0 Å². The standard InChI is InChI=1S/C29H29FN2O4/c1-16-22(5-7-26(31-16)32-10-8-20(33)9-11-32)17-2-6-25(30)19(12-17)15-36-21-3-4-23-18(13-21)14-24-27(23)28(24)29(34)35/h2-7,12-13,20,24,27-28,33H,8-11,14-15H2,1H3,(H,34,35). The molecule has 3 atom stereocenters. The van der Waals surface area contributed by atoms with E-state index in [2.05, 4.69) is 4.90 Å². The highest BCUT2D eigenvalue weighted by atomic mass is 19.1. The third-order valence-corrected chi connectivity index (χ3v) is 7.99. The Morgan fingerprint density at radius 2 is 1.94 bits per heavy atom. The van der Waals surface area contributed by atoms with Crippen molar-refractivity contribution < 1.29 is 24.1 Å². The smallest absolute Gasteiger partial charge is 0.307 e. The number of pyridine rings is 1. The number of anilines is 1. The first-order chi connectivity index (χ1) is 17.4. The van der Waals surface area contributed by atoms with Gasteiger partial charge in [-0.15, -0.1) is 0 Å². The number of halogens is 1. The molecule has 2 heterocycles. The maximum absolute atomic E-state index is 14.6. The van der Waals surface area contributed by atoms with Crippen LogP contribution in [0, 0.1) is 24.6 Å². The minimum atomic E-state index is -0.710. The van der Waals surface area contributed by atoms with Crippen LogP contribution in [0.15, 0.2) is 48.5 Å². The first-order valence-corrected chi connectivity index (χ1v) is 12.6. The van der Waals surface area contributed by atoms with Crippen molar-refractivity contribution in [1.82, 2.24) is 4.98 Å². The topological polar surface area (TPSA) is 82.9 Å². The first kappa shape index (κ1) is 23.0. The van der Waals surface area contributed by atoms with E-state index in [9.17, 15) is 19.4 Å². The van der Waals surface area contributed by atoms with E-state index in [1.54, 1.807) is 6.07 Å². The summed E-state index contributed by atoms with van der Waals surface area (Å²) in [7, 11) is 0. The summed E-state index contributed by atoms with van der Waals surface area (Å²) in [6.07, 6.45) is 2.03. The van der Waals surface area contributed by atoms with Crippen molar-refractivity contribution in [3.8, 4) is 16.9 Å². The van der Waals surface area contributed by atoms with Crippen LogP contribution in [-0.2, 0) is 17.8 Å². The third kappa shape index (κ3) is 4.11. The van der Waals surface area contributed by atoms with Crippen molar-refractivity contribution in [1.29, 1.82) is 0 Å². The van der Waals surface area contributed by atoms with E-state index in [0.717, 1.165) is 66.1 Å². The van der Waals surface area contributed by atoms with E-state index in [1.165, 1.54) is 6.07 Å². The van der Waals surface area contributed by atoms with Crippen molar-refractivity contribution in [3.05, 3.63) is 76.7 Å². The van der Waals surface area contributed by atoms with Crippen molar-refractivity contribution in [3.63, 3.8) is 0 Å². The molecule has 7 heteroatoms. The summed E-state index contributed by atoms with van der Waals surface area (Å²) in [5, 5.41) is 19.1. The molecule has 2 fully saturated rings. The molecule has 0 amide bonds. The van der Waals surface area contributed by atoms with Crippen LogP contribution in [-0.4, -0.2) is 40.4 Å². The zero-order valence-electron chi connectivity index (χ0n) is 20.2. The molecule has 1 aromatic heterocycles. The molecule has 1 aliphatic heterocycles. The van der Waals surface area contributed by atoms with Gasteiger partial charge in [-0.1, -0.05) is 12.1 Å². The van der Waals surface area contributed by atoms with E-state index in [1.807, 2.05) is 43.3 Å². The Bertz CT molecular complexity index is 1330. The Morgan fingerprint density at radius 1 is 1.14 bits per heavy atom. The third-order valence-electron chi connectivity index (χ3n) is 7.99. The van der Waals surface area contributed by atoms with E-state index >= 15 is 0 Å². The number of carboxylic acids is 1. The Balaban J connectivity index is 1.16. The molecule has 3 unspecified atom stereocenters. The fourth-order valence-corrected chi connectivity index (χ4v) is 5.95. The Labute approximate surface area is 209 Å². The van der Waals surface area contributed by atoms with Crippen LogP contribution in [0.2, 0.25) is 0 Å². The second-order valence-corrected chi connectivity index (χ2v) is 10.2. The number of aliphatic carboxylic acids is 1. The molecule has 2 aliphatic carbocycles. The molecule has 2 N–H and O–H groups in total. The lowest BCUT2D eigenvalue weighted by molar-refractivity contribution is -0.139. The number of carboxylic acid groups (broad SMARTS) is 1. The molecular weight excluding hydrogens is 459 g/mol. The Hall–Kier alpha value is -3.45. The number of piperidine rings is 1. The summed E-state index contributed by atoms with van der Waals surface area (Å²) in [5.41, 5.74) is 5.42. The lowest BCUT2D eigenvalue weighted by Crippen LogP contribution is -2.36. The van der Waals surface area contributed by atoms with Gasteiger partial charge >= 0.3 is 5.97 Å². The molecule has 6 rings (SSSR count). The highest BCUT2D eigenvalue weighted by Gasteiger charge is 2.59. The van der Waals surface area contributed by atoms with E-state index in [-0.39, 0.29) is 36.3 Å². The van der Waals surface area contributed by atoms with E-state index < -0.39 is 5.97 Å². The SMILES string of the molecule is Cc1nc(N2CCC(O)CC2)ccc1-c1ccc(F)c(COc2ccc3c(c2)CC2C(C(=O)O)C32)c1. The number of carbonyl (C=O) groups is 1. The van der Waals surface area contributed by atoms with Gasteiger partial charge in [0.15, 0.2) is 0 Å². The van der Waals surface area contributed by atoms with Crippen molar-refractivity contribution in [2.45, 2.75) is 44.8 Å². The van der Waals surface area contributed by atoms with E-state index in [4.69, 9.17) is 9.72 Å². The molecule has 1 saturated carbocycles. The largest absolute Gasteiger partial charge is 0.489 e. The monoisotopic (exact) mass is 488 g/mol. The molecule has 6 nitrogen and oxygen atoms in total. The number of aromatic nitrogens is 1. The number of aliphatic hydroxyl groups excluding tert-OH is 1. The van der Waals surface area contributed by atoms with Gasteiger partial charge in [0, 0.05) is 35.8 Å². The average Bonchev–Trinajstić information content (AvgIpc) is 3.46. The fraction of sp³-hybridized carbons (Fsp3) is 0.379. The normalized spacial score (nSPS) is 22.8. The molecular formula is C29H29FN2O4. The number of benzene rings is 2. The molecule has 3 aromatic rings. The molecule has 0 bridgehead atoms. The summed E-state index contributed by atoms with van der Waals surface area (Å²) < 4.78 is 20.6. The summed E-state index contributed by atoms with van der Waals surface area (Å²) in [4.78, 5) is 18.3. The van der Waals surface area contributed by atoms with Crippen LogP contribution >= 0.6 is 0 Å². The zero-order chi connectivity index (χ0) is 25.0. The number of fused-ring (bicyclic) bond motifs is 3. The number of hydrogen-bond acceptors (Lipinski definition) is 5. The van der Waals surface area contributed by atoms with Gasteiger partial charge in [0.25, 0.3) is 0 Å². The zero-order valence-corrected chi connectivity index (χ0v) is 20.2. The number of aliphatic hydroxyl groups is 1. The highest BCUT2D eigenvalue weighted by Crippen LogP contribution is 2.61. The predicted molar refractivity (Wildman–Crippen MR) is 134 cm³/mol. The number of hydrogen-bond donors (Lipinski definition) is 2. The summed E-state index contributed by atoms with van der Waals surface area (Å²) in [5.74, 6) is 0.619. The van der Waals surface area contributed by atoms with Gasteiger partial charge in [0.2, 0.25) is 0 Å². The second kappa shape index (κ2) is 8.89. The van der Waals surface area contributed by atoms with Crippen LogP contribution in [0.1, 0.15) is 41.1 Å². The van der Waals surface area contributed by atoms with Gasteiger partial charge in [-0.3, -0.25) is 4.79 Å². The van der Waals surface area contributed by atoms with Gasteiger partial charge in [-0.05, 0) is 85.2 Å². The lowest BCUT2D eigenvalue weighted by atomic mass is 10.0. The van der Waals surface area contributed by atoms with Crippen LogP contribution < -0.4 is 9.64 Å². The van der Waals surface area contributed by atoms with Gasteiger partial charge in [-0.25, -0.2) is 9.37 Å². The fourth-order valence-electron chi connectivity index (χ4n) is 5.95. The predicted octanol–water partition coefficient (Wildman–Crippen LogP) is 4.71. The van der Waals surface area contributed by atoms with E-state index in [0.29, 0.717) is 11.3 Å². The number of rotatable bonds is 6. The van der Waals surface area contributed by atoms with Crippen LogP contribution in [0.3, 0.4) is 0 Å². The number of aryl methyl sites for hydroxylation is 1. The molecule has 0 radical (unpaired) electrons. The van der Waals surface area contributed by atoms with Crippen LogP contribution in [0.4, 0.5) is 10.2 Å². The van der Waals surface area contributed by atoms with Crippen molar-refractivity contribution in [2.24, 2.45) is 11.8 Å². The molecule has 1 saturated heterocycles. The quantitative estimate of drug-likeness (QED) is 0.523. The van der Waals surface area contributed by atoms with Crippen molar-refractivity contribution in [2.75, 3.05) is 18.0 Å². The molecule has 186 valence electrons. The van der Waals surface area contributed by atoms with Gasteiger partial charge < -0.3 is 19.8 Å². The summed E-state index contributed by atoms with van der Waals surface area (Å²) in [6.45, 7) is 3.63. The summed E-state index contributed by atoms with van der Waals surface area (Å²) >= 11 is 0. The van der Waals surface area contributed by atoms with Crippen molar-refractivity contribution >= 4 is 11.8 Å². The molecule has 2 aromatic carbocycles. The molecule has 3 aliphatic rings. The van der Waals surface area contributed by atoms with Gasteiger partial charge in [0.05, 0.1) is 12.0 Å². The number of ether oxygens (including phenoxy) is 1. The lowest BCUT2D eigenvalue weighted by Gasteiger charge is -2.30. The Kier molecular flexibility index (Phi) is 5.67. The van der Waals surface area contributed by atoms with Crippen LogP contribution in [0.5, 0.6) is 5.75 Å². The minimum Gasteiger partial charge on any atom is -0.489 e. The highest BCUT2D eigenvalue weighted by molar-refractivity contribution is 5.78. The minimum absolute atomic E-state index is 0.101. The average molecular weight is 489 g/mol. The molecule has 0 spiro atoms. The second-order valence-electron chi connectivity index (χ2n) is 10.2. The first-order valence-electron chi connectivity index (χ1n) is 12.6. The molecule has 36 heavy (non-hydrogen) atoms. The Morgan fingerprint density at radius 3 is 2.69 bits per heavy atom. The maximum atomic E-state index is 14.6. The van der Waals surface area contributed by atoms with Crippen LogP contribution in [0.25, 0.3) is 11.1 Å². The summed E-state index contributed by atoms with van der Waals surface area (Å²) in [6, 6.07) is 14.8.